The van der Waals surface area contributed by atoms with Crippen LogP contribution in [-0.4, -0.2) is 43.3 Å². The molecule has 1 aromatic rings. The number of esters is 1. The third-order valence-electron chi connectivity index (χ3n) is 3.17. The van der Waals surface area contributed by atoms with Gasteiger partial charge in [0.2, 0.25) is 0 Å². The molecule has 1 saturated heterocycles. The van der Waals surface area contributed by atoms with Gasteiger partial charge in [0.05, 0.1) is 18.7 Å². The van der Waals surface area contributed by atoms with Crippen LogP contribution in [0.3, 0.4) is 0 Å². The second-order valence-corrected chi connectivity index (χ2v) is 4.43. The molecule has 1 atom stereocenters. The number of anilines is 1. The second-order valence-electron chi connectivity index (χ2n) is 4.43. The monoisotopic (exact) mass is 279 g/mol. The first-order valence-corrected chi connectivity index (χ1v) is 6.51. The molecular formula is C13H17N3O4. The normalized spacial score (nSPS) is 18.6. The van der Waals surface area contributed by atoms with Crippen LogP contribution in [0.25, 0.3) is 0 Å². The van der Waals surface area contributed by atoms with Crippen LogP contribution >= 0.6 is 0 Å². The van der Waals surface area contributed by atoms with Crippen molar-refractivity contribution in [2.45, 2.75) is 13.1 Å². The smallest absolute Gasteiger partial charge is 0.338 e. The molecule has 0 radical (unpaired) electrons. The zero-order valence-corrected chi connectivity index (χ0v) is 11.2. The van der Waals surface area contributed by atoms with Crippen LogP contribution in [0, 0.1) is 10.1 Å². The number of rotatable bonds is 4. The van der Waals surface area contributed by atoms with E-state index in [4.69, 9.17) is 4.74 Å². The number of nitrogens with one attached hydrogen (secondary N) is 1. The second kappa shape index (κ2) is 6.33. The van der Waals surface area contributed by atoms with E-state index in [1.54, 1.807) is 36.1 Å². The van der Waals surface area contributed by atoms with Crippen molar-refractivity contribution >= 4 is 11.7 Å². The van der Waals surface area contributed by atoms with Crippen molar-refractivity contribution in [2.75, 3.05) is 31.1 Å². The van der Waals surface area contributed by atoms with Crippen LogP contribution in [0.2, 0.25) is 0 Å². The molecule has 0 aromatic heterocycles. The number of hydrogen-bond acceptors (Lipinski definition) is 6. The molecule has 7 nitrogen and oxygen atoms in total. The molecular weight excluding hydrogens is 262 g/mol. The third kappa shape index (κ3) is 3.05. The van der Waals surface area contributed by atoms with Crippen molar-refractivity contribution in [1.29, 1.82) is 0 Å². The van der Waals surface area contributed by atoms with Crippen LogP contribution in [0.4, 0.5) is 5.69 Å². The number of piperazine rings is 1. The summed E-state index contributed by atoms with van der Waals surface area (Å²) in [5.74, 6) is -0.384. The maximum Gasteiger partial charge on any atom is 0.338 e. The van der Waals surface area contributed by atoms with Gasteiger partial charge in [0.1, 0.15) is 0 Å². The molecule has 1 heterocycles. The van der Waals surface area contributed by atoms with E-state index in [0.717, 1.165) is 5.69 Å². The number of nitro groups is 1. The van der Waals surface area contributed by atoms with E-state index in [-0.39, 0.29) is 10.9 Å². The molecule has 20 heavy (non-hydrogen) atoms. The summed E-state index contributed by atoms with van der Waals surface area (Å²) in [6, 6.07) is 6.70. The van der Waals surface area contributed by atoms with Gasteiger partial charge in [0.15, 0.2) is 0 Å². The van der Waals surface area contributed by atoms with E-state index in [1.807, 2.05) is 0 Å². The minimum atomic E-state index is -0.780. The van der Waals surface area contributed by atoms with Gasteiger partial charge < -0.3 is 15.0 Å². The lowest BCUT2D eigenvalue weighted by atomic mass is 10.1. The Morgan fingerprint density at radius 1 is 1.50 bits per heavy atom. The number of ether oxygens (including phenoxy) is 1. The van der Waals surface area contributed by atoms with Crippen LogP contribution < -0.4 is 10.2 Å². The molecule has 1 aliphatic heterocycles. The molecule has 0 bridgehead atoms. The number of hydrogen-bond donors (Lipinski definition) is 1. The van der Waals surface area contributed by atoms with Crippen molar-refractivity contribution in [2.24, 2.45) is 0 Å². The van der Waals surface area contributed by atoms with Crippen LogP contribution in [0.1, 0.15) is 17.3 Å². The van der Waals surface area contributed by atoms with E-state index in [0.29, 0.717) is 31.8 Å². The third-order valence-corrected chi connectivity index (χ3v) is 3.17. The van der Waals surface area contributed by atoms with Crippen LogP contribution in [0.5, 0.6) is 0 Å². The quantitative estimate of drug-likeness (QED) is 0.500. The van der Waals surface area contributed by atoms with Crippen molar-refractivity contribution in [3.63, 3.8) is 0 Å². The summed E-state index contributed by atoms with van der Waals surface area (Å²) in [5, 5.41) is 14.1. The maximum absolute atomic E-state index is 11.6. The van der Waals surface area contributed by atoms with Gasteiger partial charge in [-0.2, -0.15) is 0 Å². The Bertz CT molecular complexity index is 489. The summed E-state index contributed by atoms with van der Waals surface area (Å²) < 4.78 is 4.90. The Kier molecular flexibility index (Phi) is 4.52. The van der Waals surface area contributed by atoms with Crippen molar-refractivity contribution in [1.82, 2.24) is 5.32 Å². The average Bonchev–Trinajstić information content (AvgIpc) is 2.47. The molecule has 1 aliphatic rings. The van der Waals surface area contributed by atoms with E-state index >= 15 is 0 Å². The topological polar surface area (TPSA) is 84.7 Å². The summed E-state index contributed by atoms with van der Waals surface area (Å²) >= 11 is 0. The Hall–Kier alpha value is -2.15. The van der Waals surface area contributed by atoms with Gasteiger partial charge in [-0.3, -0.25) is 10.1 Å². The molecule has 108 valence electrons. The van der Waals surface area contributed by atoms with Gasteiger partial charge in [0, 0.05) is 23.7 Å². The van der Waals surface area contributed by atoms with Crippen LogP contribution in [0.15, 0.2) is 24.3 Å². The summed E-state index contributed by atoms with van der Waals surface area (Å²) in [5.41, 5.74) is 1.18. The molecule has 0 saturated carbocycles. The predicted molar refractivity (Wildman–Crippen MR) is 73.4 cm³/mol. The fourth-order valence-electron chi connectivity index (χ4n) is 2.18. The fourth-order valence-corrected chi connectivity index (χ4v) is 2.18. The maximum atomic E-state index is 11.6. The van der Waals surface area contributed by atoms with Gasteiger partial charge >= 0.3 is 5.97 Å². The Morgan fingerprint density at radius 3 is 2.80 bits per heavy atom. The Labute approximate surface area is 116 Å². The zero-order valence-electron chi connectivity index (χ0n) is 11.2. The standard InChI is InChI=1S/C13H17N3O4/c1-2-20-13(17)10-3-5-11(6-4-10)15-8-7-14-9-12(15)16(18)19/h3-6,12,14H,2,7-9H2,1H3. The van der Waals surface area contributed by atoms with E-state index in [1.165, 1.54) is 0 Å². The lowest BCUT2D eigenvalue weighted by molar-refractivity contribution is -0.520. The number of nitrogens with zero attached hydrogens (tertiary/aromatic N) is 2. The van der Waals surface area contributed by atoms with Gasteiger partial charge in [0.25, 0.3) is 6.17 Å². The van der Waals surface area contributed by atoms with Crippen molar-refractivity contribution in [3.05, 3.63) is 39.9 Å². The minimum Gasteiger partial charge on any atom is -0.462 e. The van der Waals surface area contributed by atoms with Crippen molar-refractivity contribution in [3.8, 4) is 0 Å². The molecule has 1 aromatic carbocycles. The summed E-state index contributed by atoms with van der Waals surface area (Å²) in [6.45, 7) is 3.64. The van der Waals surface area contributed by atoms with Gasteiger partial charge in [-0.05, 0) is 31.2 Å². The van der Waals surface area contributed by atoms with Gasteiger partial charge in [-0.15, -0.1) is 0 Å². The molecule has 7 heteroatoms. The SMILES string of the molecule is CCOC(=O)c1ccc(N2CCNCC2[N+](=O)[O-])cc1. The molecule has 0 amide bonds. The van der Waals surface area contributed by atoms with Gasteiger partial charge in [-0.1, -0.05) is 0 Å². The predicted octanol–water partition coefficient (Wildman–Crippen LogP) is 0.876. The van der Waals surface area contributed by atoms with E-state index < -0.39 is 6.17 Å². The first-order valence-electron chi connectivity index (χ1n) is 6.51. The highest BCUT2D eigenvalue weighted by Gasteiger charge is 2.31. The number of carbonyl (C=O) groups excluding carboxylic acids is 1. The molecule has 1 unspecified atom stereocenters. The Balaban J connectivity index is 2.15. The van der Waals surface area contributed by atoms with Gasteiger partial charge in [-0.25, -0.2) is 4.79 Å². The highest BCUT2D eigenvalue weighted by atomic mass is 16.6. The van der Waals surface area contributed by atoms with E-state index in [2.05, 4.69) is 5.32 Å². The minimum absolute atomic E-state index is 0.300. The highest BCUT2D eigenvalue weighted by Crippen LogP contribution is 2.19. The molecule has 0 aliphatic carbocycles. The van der Waals surface area contributed by atoms with E-state index in [9.17, 15) is 14.9 Å². The zero-order chi connectivity index (χ0) is 14.5. The molecule has 1 fully saturated rings. The first-order chi connectivity index (χ1) is 9.63. The lowest BCUT2D eigenvalue weighted by Crippen LogP contribution is -2.55. The van der Waals surface area contributed by atoms with Crippen molar-refractivity contribution < 1.29 is 14.5 Å². The lowest BCUT2D eigenvalue weighted by Gasteiger charge is -2.31. The number of carbonyl (C=O) groups is 1. The van der Waals surface area contributed by atoms with Crippen LogP contribution in [-0.2, 0) is 4.74 Å². The summed E-state index contributed by atoms with van der Waals surface area (Å²) in [6.07, 6.45) is -0.780. The molecule has 0 spiro atoms. The summed E-state index contributed by atoms with van der Waals surface area (Å²) in [4.78, 5) is 24.0. The highest BCUT2D eigenvalue weighted by molar-refractivity contribution is 5.89. The fraction of sp³-hybridized carbons (Fsp3) is 0.462. The largest absolute Gasteiger partial charge is 0.462 e. The summed E-state index contributed by atoms with van der Waals surface area (Å²) in [7, 11) is 0. The molecule has 2 rings (SSSR count). The Morgan fingerprint density at radius 2 is 2.20 bits per heavy atom. The first kappa shape index (κ1) is 14.3. The molecule has 1 N–H and O–H groups in total. The number of benzene rings is 1. The average molecular weight is 279 g/mol.